The molecule has 18 heavy (non-hydrogen) atoms. The van der Waals surface area contributed by atoms with E-state index >= 15 is 0 Å². The molecule has 3 N–H and O–H groups in total. The lowest BCUT2D eigenvalue weighted by Gasteiger charge is -2.26. The molecule has 1 fully saturated rings. The number of nitrogens with zero attached hydrogens (tertiary/aromatic N) is 1. The monoisotopic (exact) mass is 267 g/mol. The number of hydrogen-bond acceptors (Lipinski definition) is 3. The number of amidine groups is 1. The molecule has 0 atom stereocenters. The summed E-state index contributed by atoms with van der Waals surface area (Å²) in [5, 5.41) is 7.77. The van der Waals surface area contributed by atoms with Crippen molar-refractivity contribution >= 4 is 17.4 Å². The Bertz CT molecular complexity index is 442. The summed E-state index contributed by atoms with van der Waals surface area (Å²) in [6, 6.07) is 1.63. The Morgan fingerprint density at radius 1 is 1.44 bits per heavy atom. The van der Waals surface area contributed by atoms with Gasteiger partial charge in [-0.15, -0.1) is 0 Å². The Morgan fingerprint density at radius 2 is 2.11 bits per heavy atom. The molecule has 0 aromatic carbocycles. The summed E-state index contributed by atoms with van der Waals surface area (Å²) in [6.07, 6.45) is 6.16. The van der Waals surface area contributed by atoms with Gasteiger partial charge in [-0.25, -0.2) is 4.98 Å². The minimum atomic E-state index is -0.0653. The highest BCUT2D eigenvalue weighted by Crippen LogP contribution is 2.30. The van der Waals surface area contributed by atoms with Crippen LogP contribution in [0.15, 0.2) is 12.3 Å². The van der Waals surface area contributed by atoms with Crippen molar-refractivity contribution in [1.82, 2.24) is 4.98 Å². The average Bonchev–Trinajstić information content (AvgIpc) is 2.34. The molecule has 0 amide bonds. The summed E-state index contributed by atoms with van der Waals surface area (Å²) in [7, 11) is 0. The number of hydrogen-bond donors (Lipinski definition) is 2. The first-order valence-corrected chi connectivity index (χ1v) is 6.61. The quantitative estimate of drug-likeness (QED) is 0.653. The van der Waals surface area contributed by atoms with Gasteiger partial charge in [0, 0.05) is 11.8 Å². The highest BCUT2D eigenvalue weighted by Gasteiger charge is 2.21. The summed E-state index contributed by atoms with van der Waals surface area (Å²) in [4.78, 5) is 4.13. The van der Waals surface area contributed by atoms with E-state index in [4.69, 9.17) is 27.5 Å². The number of nitrogen functional groups attached to an aromatic ring is 1. The van der Waals surface area contributed by atoms with Gasteiger partial charge in [-0.2, -0.15) is 0 Å². The fourth-order valence-corrected chi connectivity index (χ4v) is 2.48. The number of nitrogens with two attached hydrogens (primary N) is 1. The summed E-state index contributed by atoms with van der Waals surface area (Å²) >= 11 is 6.14. The van der Waals surface area contributed by atoms with Crippen molar-refractivity contribution in [3.63, 3.8) is 0 Å². The summed E-state index contributed by atoms with van der Waals surface area (Å²) in [6.45, 7) is 2.26. The first-order chi connectivity index (χ1) is 8.58. The maximum Gasteiger partial charge on any atom is 0.233 e. The molecule has 0 unspecified atom stereocenters. The van der Waals surface area contributed by atoms with Gasteiger partial charge in [0.25, 0.3) is 0 Å². The number of rotatable bonds is 3. The third-order valence-corrected chi connectivity index (χ3v) is 3.75. The Morgan fingerprint density at radius 3 is 2.72 bits per heavy atom. The van der Waals surface area contributed by atoms with E-state index in [0.29, 0.717) is 16.5 Å². The summed E-state index contributed by atoms with van der Waals surface area (Å²) in [5.41, 5.74) is 5.93. The van der Waals surface area contributed by atoms with E-state index in [9.17, 15) is 0 Å². The van der Waals surface area contributed by atoms with Crippen molar-refractivity contribution in [2.45, 2.75) is 38.7 Å². The van der Waals surface area contributed by atoms with E-state index in [-0.39, 0.29) is 11.9 Å². The Kier molecular flexibility index (Phi) is 4.07. The minimum absolute atomic E-state index is 0.0653. The predicted molar refractivity (Wildman–Crippen MR) is 72.3 cm³/mol. The molecule has 98 valence electrons. The van der Waals surface area contributed by atoms with Crippen molar-refractivity contribution in [3.05, 3.63) is 22.8 Å². The molecule has 0 aliphatic heterocycles. The lowest BCUT2D eigenvalue weighted by molar-refractivity contribution is 0.130. The molecule has 5 heteroatoms. The second kappa shape index (κ2) is 5.57. The van der Waals surface area contributed by atoms with Gasteiger partial charge in [-0.05, 0) is 37.7 Å². The molecule has 1 aliphatic rings. The number of pyridine rings is 1. The zero-order chi connectivity index (χ0) is 13.1. The fraction of sp³-hybridized carbons (Fsp3) is 0.538. The molecular formula is C13H18ClN3O. The van der Waals surface area contributed by atoms with E-state index in [0.717, 1.165) is 18.8 Å². The van der Waals surface area contributed by atoms with Crippen molar-refractivity contribution in [2.75, 3.05) is 0 Å². The lowest BCUT2D eigenvalue weighted by Crippen LogP contribution is -2.24. The topological polar surface area (TPSA) is 72.0 Å². The van der Waals surface area contributed by atoms with E-state index in [2.05, 4.69) is 11.9 Å². The Hall–Kier alpha value is -1.29. The highest BCUT2D eigenvalue weighted by molar-refractivity contribution is 6.35. The molecule has 2 rings (SSSR count). The van der Waals surface area contributed by atoms with E-state index in [1.54, 1.807) is 12.3 Å². The van der Waals surface area contributed by atoms with Crippen LogP contribution in [0.1, 0.15) is 38.2 Å². The van der Waals surface area contributed by atoms with Crippen LogP contribution in [0.25, 0.3) is 0 Å². The van der Waals surface area contributed by atoms with Crippen molar-refractivity contribution in [3.8, 4) is 5.88 Å². The van der Waals surface area contributed by atoms with Gasteiger partial charge < -0.3 is 10.5 Å². The first kappa shape index (κ1) is 13.1. The van der Waals surface area contributed by atoms with Crippen LogP contribution in [-0.2, 0) is 0 Å². The van der Waals surface area contributed by atoms with E-state index in [1.165, 1.54) is 12.8 Å². The van der Waals surface area contributed by atoms with Crippen LogP contribution in [-0.4, -0.2) is 16.9 Å². The SMILES string of the molecule is CC1CCC(Oc2nccc(C(=N)N)c2Cl)CC1. The van der Waals surface area contributed by atoms with Crippen LogP contribution >= 0.6 is 11.6 Å². The van der Waals surface area contributed by atoms with Gasteiger partial charge in [0.15, 0.2) is 0 Å². The zero-order valence-corrected chi connectivity index (χ0v) is 11.2. The van der Waals surface area contributed by atoms with Crippen LogP contribution in [0, 0.1) is 11.3 Å². The Balaban J connectivity index is 2.10. The van der Waals surface area contributed by atoms with Crippen molar-refractivity contribution in [2.24, 2.45) is 11.7 Å². The molecule has 1 saturated carbocycles. The van der Waals surface area contributed by atoms with Crippen LogP contribution in [0.3, 0.4) is 0 Å². The number of ether oxygens (including phenoxy) is 1. The standard InChI is InChI=1S/C13H18ClN3O/c1-8-2-4-9(5-3-8)18-13-11(14)10(12(15)16)6-7-17-13/h6-9H,2-5H2,1H3,(H3,15,16). The third kappa shape index (κ3) is 2.93. The van der Waals surface area contributed by atoms with Crippen LogP contribution in [0.5, 0.6) is 5.88 Å². The second-order valence-electron chi connectivity index (χ2n) is 4.89. The molecule has 0 radical (unpaired) electrons. The van der Waals surface area contributed by atoms with Gasteiger partial charge in [0.1, 0.15) is 17.0 Å². The fourth-order valence-electron chi connectivity index (χ4n) is 2.22. The van der Waals surface area contributed by atoms with Crippen molar-refractivity contribution < 1.29 is 4.74 Å². The largest absolute Gasteiger partial charge is 0.473 e. The van der Waals surface area contributed by atoms with Crippen molar-refractivity contribution in [1.29, 1.82) is 5.41 Å². The summed E-state index contributed by atoms with van der Waals surface area (Å²) in [5.74, 6) is 1.10. The predicted octanol–water partition coefficient (Wildman–Crippen LogP) is 2.98. The number of halogens is 1. The van der Waals surface area contributed by atoms with E-state index < -0.39 is 0 Å². The normalized spacial score (nSPS) is 23.7. The van der Waals surface area contributed by atoms with Crippen LogP contribution in [0.4, 0.5) is 0 Å². The highest BCUT2D eigenvalue weighted by atomic mass is 35.5. The van der Waals surface area contributed by atoms with Gasteiger partial charge in [-0.1, -0.05) is 18.5 Å². The van der Waals surface area contributed by atoms with Crippen LogP contribution in [0.2, 0.25) is 5.02 Å². The molecule has 1 aliphatic carbocycles. The van der Waals surface area contributed by atoms with Crippen LogP contribution < -0.4 is 10.5 Å². The molecule has 0 bridgehead atoms. The number of nitrogens with one attached hydrogen (secondary N) is 1. The number of aromatic nitrogens is 1. The minimum Gasteiger partial charge on any atom is -0.473 e. The summed E-state index contributed by atoms with van der Waals surface area (Å²) < 4.78 is 5.83. The van der Waals surface area contributed by atoms with Gasteiger partial charge in [0.2, 0.25) is 5.88 Å². The maximum absolute atomic E-state index is 7.43. The second-order valence-corrected chi connectivity index (χ2v) is 5.27. The van der Waals surface area contributed by atoms with E-state index in [1.807, 2.05) is 0 Å². The third-order valence-electron chi connectivity index (χ3n) is 3.39. The molecule has 0 spiro atoms. The lowest BCUT2D eigenvalue weighted by atomic mass is 9.89. The van der Waals surface area contributed by atoms with Gasteiger partial charge in [-0.3, -0.25) is 5.41 Å². The molecule has 1 heterocycles. The first-order valence-electron chi connectivity index (χ1n) is 6.23. The maximum atomic E-state index is 7.43. The molecule has 1 aromatic rings. The molecule has 0 saturated heterocycles. The molecule has 1 aromatic heterocycles. The Labute approximate surface area is 112 Å². The zero-order valence-electron chi connectivity index (χ0n) is 10.4. The molecular weight excluding hydrogens is 250 g/mol. The van der Waals surface area contributed by atoms with Gasteiger partial charge >= 0.3 is 0 Å². The molecule has 4 nitrogen and oxygen atoms in total. The van der Waals surface area contributed by atoms with Gasteiger partial charge in [0.05, 0.1) is 0 Å². The average molecular weight is 268 g/mol. The smallest absolute Gasteiger partial charge is 0.233 e.